The van der Waals surface area contributed by atoms with Gasteiger partial charge in [-0.05, 0) is 32.1 Å². The molecule has 1 saturated carbocycles. The maximum atomic E-state index is 5.55. The number of nitrogens with zero attached hydrogens (tertiary/aromatic N) is 2. The van der Waals surface area contributed by atoms with Crippen LogP contribution >= 0.6 is 0 Å². The Hall–Kier alpha value is -1.36. The van der Waals surface area contributed by atoms with E-state index in [0.29, 0.717) is 0 Å². The molecular formula is C16H29N5. The maximum absolute atomic E-state index is 5.55. The van der Waals surface area contributed by atoms with Crippen LogP contribution in [0.15, 0.2) is 0 Å². The van der Waals surface area contributed by atoms with Gasteiger partial charge in [0.1, 0.15) is 17.5 Å². The predicted molar refractivity (Wildman–Crippen MR) is 88.3 cm³/mol. The normalized spacial score (nSPS) is 15.4. The number of hydrazine groups is 1. The van der Waals surface area contributed by atoms with E-state index in [1.807, 2.05) is 6.92 Å². The monoisotopic (exact) mass is 291 g/mol. The average molecular weight is 291 g/mol. The first-order valence-electron chi connectivity index (χ1n) is 8.32. The van der Waals surface area contributed by atoms with Crippen molar-refractivity contribution >= 4 is 11.6 Å². The van der Waals surface area contributed by atoms with Crippen molar-refractivity contribution in [3.8, 4) is 0 Å². The molecule has 4 N–H and O–H groups in total. The highest BCUT2D eigenvalue weighted by atomic mass is 15.3. The third kappa shape index (κ3) is 4.56. The number of nitrogens with one attached hydrogen (secondary N) is 2. The van der Waals surface area contributed by atoms with Crippen LogP contribution in [0, 0.1) is 12.8 Å². The minimum absolute atomic E-state index is 0.728. The topological polar surface area (TPSA) is 75.9 Å². The third-order valence-corrected chi connectivity index (χ3v) is 4.36. The van der Waals surface area contributed by atoms with Crippen LogP contribution < -0.4 is 16.6 Å². The predicted octanol–water partition coefficient (Wildman–Crippen LogP) is 3.41. The SMILES string of the molecule is CCCc1nc(NN)c(C)c(NCCCC2CCCC2)n1. The van der Waals surface area contributed by atoms with Crippen LogP contribution in [0.3, 0.4) is 0 Å². The second-order valence-corrected chi connectivity index (χ2v) is 6.08. The van der Waals surface area contributed by atoms with E-state index < -0.39 is 0 Å². The number of hydrogen-bond acceptors (Lipinski definition) is 5. The summed E-state index contributed by atoms with van der Waals surface area (Å²) >= 11 is 0. The standard InChI is InChI=1S/C16H29N5/c1-3-7-14-19-15(12(2)16(20-14)21-17)18-11-6-10-13-8-4-5-9-13/h13H,3-11,17H2,1-2H3,(H2,18,19,20,21). The van der Waals surface area contributed by atoms with E-state index in [0.717, 1.165) is 48.3 Å². The Balaban J connectivity index is 1.89. The summed E-state index contributed by atoms with van der Waals surface area (Å²) in [5.74, 6) is 9.02. The molecule has 0 bridgehead atoms. The van der Waals surface area contributed by atoms with Crippen LogP contribution in [0.1, 0.15) is 63.3 Å². The molecule has 0 aromatic carbocycles. The van der Waals surface area contributed by atoms with Gasteiger partial charge in [-0.1, -0.05) is 32.6 Å². The van der Waals surface area contributed by atoms with Crippen LogP contribution in [-0.2, 0) is 6.42 Å². The van der Waals surface area contributed by atoms with Crippen molar-refractivity contribution in [2.24, 2.45) is 11.8 Å². The Bertz CT molecular complexity index is 441. The molecule has 0 amide bonds. The van der Waals surface area contributed by atoms with Crippen molar-refractivity contribution in [2.45, 2.75) is 65.2 Å². The number of aryl methyl sites for hydroxylation is 1. The fourth-order valence-electron chi connectivity index (χ4n) is 3.11. The number of rotatable bonds is 8. The van der Waals surface area contributed by atoms with Crippen molar-refractivity contribution in [2.75, 3.05) is 17.3 Å². The van der Waals surface area contributed by atoms with Gasteiger partial charge in [0.25, 0.3) is 0 Å². The van der Waals surface area contributed by atoms with Crippen LogP contribution in [0.4, 0.5) is 11.6 Å². The highest BCUT2D eigenvalue weighted by Crippen LogP contribution is 2.28. The Labute approximate surface area is 128 Å². The van der Waals surface area contributed by atoms with Crippen LogP contribution in [0.5, 0.6) is 0 Å². The summed E-state index contributed by atoms with van der Waals surface area (Å²) in [6, 6.07) is 0. The van der Waals surface area contributed by atoms with E-state index in [4.69, 9.17) is 5.84 Å². The Morgan fingerprint density at radius 3 is 2.57 bits per heavy atom. The molecule has 1 aromatic heterocycles. The van der Waals surface area contributed by atoms with Crippen LogP contribution in [0.2, 0.25) is 0 Å². The van der Waals surface area contributed by atoms with Crippen molar-refractivity contribution < 1.29 is 0 Å². The molecule has 118 valence electrons. The van der Waals surface area contributed by atoms with Crippen LogP contribution in [0.25, 0.3) is 0 Å². The zero-order valence-corrected chi connectivity index (χ0v) is 13.4. The van der Waals surface area contributed by atoms with Gasteiger partial charge in [-0.15, -0.1) is 0 Å². The second-order valence-electron chi connectivity index (χ2n) is 6.08. The molecule has 1 aliphatic rings. The molecule has 0 unspecified atom stereocenters. The zero-order valence-electron chi connectivity index (χ0n) is 13.4. The maximum Gasteiger partial charge on any atom is 0.148 e. The molecule has 1 aromatic rings. The summed E-state index contributed by atoms with van der Waals surface area (Å²) in [5.41, 5.74) is 3.68. The molecule has 2 rings (SSSR count). The van der Waals surface area contributed by atoms with Gasteiger partial charge in [0.05, 0.1) is 0 Å². The zero-order chi connectivity index (χ0) is 15.1. The van der Waals surface area contributed by atoms with Gasteiger partial charge in [0.2, 0.25) is 0 Å². The molecule has 1 fully saturated rings. The number of anilines is 2. The Morgan fingerprint density at radius 2 is 1.90 bits per heavy atom. The lowest BCUT2D eigenvalue weighted by Gasteiger charge is -2.14. The van der Waals surface area contributed by atoms with E-state index >= 15 is 0 Å². The lowest BCUT2D eigenvalue weighted by Crippen LogP contribution is -2.15. The molecule has 0 radical (unpaired) electrons. The van der Waals surface area contributed by atoms with E-state index in [9.17, 15) is 0 Å². The minimum atomic E-state index is 0.728. The fraction of sp³-hybridized carbons (Fsp3) is 0.750. The Kier molecular flexibility index (Phi) is 6.23. The summed E-state index contributed by atoms with van der Waals surface area (Å²) in [7, 11) is 0. The van der Waals surface area contributed by atoms with Gasteiger partial charge in [-0.2, -0.15) is 0 Å². The number of hydrogen-bond donors (Lipinski definition) is 3. The van der Waals surface area contributed by atoms with E-state index in [2.05, 4.69) is 27.6 Å². The summed E-state index contributed by atoms with van der Waals surface area (Å²) in [4.78, 5) is 9.07. The summed E-state index contributed by atoms with van der Waals surface area (Å²) in [5, 5.41) is 3.46. The molecule has 5 nitrogen and oxygen atoms in total. The second kappa shape index (κ2) is 8.17. The molecule has 0 saturated heterocycles. The molecule has 0 aliphatic heterocycles. The van der Waals surface area contributed by atoms with E-state index in [-0.39, 0.29) is 0 Å². The van der Waals surface area contributed by atoms with Crippen molar-refractivity contribution in [3.05, 3.63) is 11.4 Å². The first kappa shape index (κ1) is 16.0. The lowest BCUT2D eigenvalue weighted by molar-refractivity contribution is 0.491. The summed E-state index contributed by atoms with van der Waals surface area (Å²) in [6.45, 7) is 5.11. The molecule has 21 heavy (non-hydrogen) atoms. The smallest absolute Gasteiger partial charge is 0.148 e. The largest absolute Gasteiger partial charge is 0.370 e. The highest BCUT2D eigenvalue weighted by molar-refractivity contribution is 5.56. The van der Waals surface area contributed by atoms with E-state index in [1.54, 1.807) is 0 Å². The summed E-state index contributed by atoms with van der Waals surface area (Å²) in [6.07, 6.45) is 10.2. The van der Waals surface area contributed by atoms with Crippen molar-refractivity contribution in [1.82, 2.24) is 9.97 Å². The molecule has 0 spiro atoms. The molecule has 0 atom stereocenters. The highest BCUT2D eigenvalue weighted by Gasteiger charge is 2.14. The van der Waals surface area contributed by atoms with Crippen molar-refractivity contribution in [3.63, 3.8) is 0 Å². The average Bonchev–Trinajstić information content (AvgIpc) is 2.99. The number of nitrogen functional groups attached to an aromatic ring is 1. The number of nitrogens with two attached hydrogens (primary N) is 1. The van der Waals surface area contributed by atoms with E-state index in [1.165, 1.54) is 38.5 Å². The van der Waals surface area contributed by atoms with Gasteiger partial charge < -0.3 is 10.7 Å². The number of aromatic nitrogens is 2. The Morgan fingerprint density at radius 1 is 1.19 bits per heavy atom. The molecule has 5 heteroatoms. The van der Waals surface area contributed by atoms with Gasteiger partial charge >= 0.3 is 0 Å². The molecule has 1 aliphatic carbocycles. The van der Waals surface area contributed by atoms with Gasteiger partial charge in [-0.3, -0.25) is 0 Å². The molecule has 1 heterocycles. The van der Waals surface area contributed by atoms with Gasteiger partial charge in [0, 0.05) is 18.5 Å². The van der Waals surface area contributed by atoms with Gasteiger partial charge in [0.15, 0.2) is 0 Å². The first-order valence-corrected chi connectivity index (χ1v) is 8.32. The summed E-state index contributed by atoms with van der Waals surface area (Å²) < 4.78 is 0. The van der Waals surface area contributed by atoms with Crippen LogP contribution in [-0.4, -0.2) is 16.5 Å². The minimum Gasteiger partial charge on any atom is -0.370 e. The van der Waals surface area contributed by atoms with Crippen molar-refractivity contribution in [1.29, 1.82) is 0 Å². The lowest BCUT2D eigenvalue weighted by atomic mass is 10.0. The molecular weight excluding hydrogens is 262 g/mol. The van der Waals surface area contributed by atoms with Gasteiger partial charge in [-0.25, -0.2) is 15.8 Å². The fourth-order valence-corrected chi connectivity index (χ4v) is 3.11. The quantitative estimate of drug-likeness (QED) is 0.389. The first-order chi connectivity index (χ1) is 10.2. The third-order valence-electron chi connectivity index (χ3n) is 4.36.